The number of aliphatic hydroxyl groups is 5. The third kappa shape index (κ3) is 21.9. The van der Waals surface area contributed by atoms with Gasteiger partial charge >= 0.3 is 0 Å². The summed E-state index contributed by atoms with van der Waals surface area (Å²) < 4.78 is 0. The normalized spacial score (nSPS) is 46.5. The van der Waals surface area contributed by atoms with Crippen LogP contribution in [0.2, 0.25) is 0 Å². The van der Waals surface area contributed by atoms with Crippen LogP contribution >= 0.6 is 0 Å². The number of hydrogen-bond acceptors (Lipinski definition) is 5. The summed E-state index contributed by atoms with van der Waals surface area (Å²) in [6.45, 7) is 62.8. The minimum absolute atomic E-state index is 0.0766. The third-order valence-electron chi connectivity index (χ3n) is 51.4. The van der Waals surface area contributed by atoms with E-state index in [1.807, 2.05) is 0 Å². The first-order valence-corrected chi connectivity index (χ1v) is 63.1. The van der Waals surface area contributed by atoms with Crippen LogP contribution < -0.4 is 0 Å². The highest BCUT2D eigenvalue weighted by Gasteiger charge is 2.66. The van der Waals surface area contributed by atoms with Crippen LogP contribution in [0.1, 0.15) is 526 Å². The number of aliphatic hydroxyl groups excluding tert-OH is 5. The van der Waals surface area contributed by atoms with Crippen molar-refractivity contribution in [3.8, 4) is 0 Å². The Balaban J connectivity index is 0.000000126. The van der Waals surface area contributed by atoms with Crippen molar-refractivity contribution in [2.24, 2.45) is 232 Å². The Labute approximate surface area is 866 Å². The zero-order chi connectivity index (χ0) is 101. The summed E-state index contributed by atoms with van der Waals surface area (Å²) in [6.07, 6.45) is 85.8. The van der Waals surface area contributed by atoms with Crippen LogP contribution in [0.15, 0.2) is 58.2 Å². The van der Waals surface area contributed by atoms with Gasteiger partial charge in [-0.1, -0.05) is 328 Å². The minimum atomic E-state index is -0.0766. The van der Waals surface area contributed by atoms with E-state index in [-0.39, 0.29) is 30.5 Å². The zero-order valence-electron chi connectivity index (χ0n) is 96.7. The van der Waals surface area contributed by atoms with Crippen LogP contribution in [-0.4, -0.2) is 56.1 Å². The van der Waals surface area contributed by atoms with Gasteiger partial charge in [0.1, 0.15) is 0 Å². The summed E-state index contributed by atoms with van der Waals surface area (Å²) in [5.41, 5.74) is 13.0. The number of hydrogen-bond donors (Lipinski definition) is 5. The summed E-state index contributed by atoms with van der Waals surface area (Å²) in [4.78, 5) is 0. The summed E-state index contributed by atoms with van der Waals surface area (Å²) >= 11 is 0. The summed E-state index contributed by atoms with van der Waals surface area (Å²) in [6, 6.07) is 0. The van der Waals surface area contributed by atoms with Crippen molar-refractivity contribution in [3.05, 3.63) is 58.2 Å². The van der Waals surface area contributed by atoms with E-state index in [0.29, 0.717) is 54.1 Å². The molecule has 15 fully saturated rings. The molecule has 20 aliphatic carbocycles. The molecular weight excluding hydrogens is 1700 g/mol. The quantitative estimate of drug-likeness (QED) is 0.0587. The maximum Gasteiger partial charge on any atom is 0.0577 e. The van der Waals surface area contributed by atoms with Gasteiger partial charge in [0.25, 0.3) is 0 Å². The van der Waals surface area contributed by atoms with Gasteiger partial charge in [-0.05, 0) is 489 Å². The van der Waals surface area contributed by atoms with Crippen molar-refractivity contribution in [3.63, 3.8) is 0 Å². The van der Waals surface area contributed by atoms with Crippen LogP contribution in [0.3, 0.4) is 0 Å². The maximum absolute atomic E-state index is 10.2. The van der Waals surface area contributed by atoms with Gasteiger partial charge in [-0.2, -0.15) is 0 Å². The predicted molar refractivity (Wildman–Crippen MR) is 595 cm³/mol. The lowest BCUT2D eigenvalue weighted by Gasteiger charge is -2.58. The highest BCUT2D eigenvalue weighted by atomic mass is 16.3. The Hall–Kier alpha value is -1.50. The van der Waals surface area contributed by atoms with Gasteiger partial charge < -0.3 is 25.5 Å². The number of fused-ring (bicyclic) bond motifs is 25. The Bertz CT molecular complexity index is 3560. The molecule has 0 amide bonds. The van der Waals surface area contributed by atoms with Crippen LogP contribution in [0, 0.1) is 232 Å². The van der Waals surface area contributed by atoms with Gasteiger partial charge in [0.2, 0.25) is 0 Å². The predicted octanol–water partition coefficient (Wildman–Crippen LogP) is 36.9. The van der Waals surface area contributed by atoms with Crippen molar-refractivity contribution < 1.29 is 25.5 Å². The van der Waals surface area contributed by atoms with Gasteiger partial charge in [0, 0.05) is 0 Å². The smallest absolute Gasteiger partial charge is 0.0577 e. The summed E-state index contributed by atoms with van der Waals surface area (Å²) in [7, 11) is 0. The minimum Gasteiger partial charge on any atom is -0.393 e. The molecule has 5 N–H and O–H groups in total. The second kappa shape index (κ2) is 45.0. The first-order valence-electron chi connectivity index (χ1n) is 63.1. The lowest BCUT2D eigenvalue weighted by atomic mass is 9.47. The lowest BCUT2D eigenvalue weighted by molar-refractivity contribution is -0.0573. The van der Waals surface area contributed by atoms with Gasteiger partial charge in [-0.25, -0.2) is 0 Å². The van der Waals surface area contributed by atoms with E-state index in [0.717, 1.165) is 242 Å². The first kappa shape index (κ1) is 111. The molecule has 0 spiro atoms. The van der Waals surface area contributed by atoms with Gasteiger partial charge in [0.15, 0.2) is 0 Å². The molecule has 0 aliphatic heterocycles. The monoisotopic (exact) mass is 1930 g/mol. The SMILES string of the molecule is CC(C)CCC[C@@H](C)[C@H]1CC[C@H]2[C@@H]3CC=C4C[C@@H](O)CC[C@]4(C)[C@H]3CC[C@]12C.CC(C)CCC[C@@H](C)[C@H]1CC[C@H]2[C@@H]3CC=C4C[C@@H](O)CC[C@]4(C)[C@H]3CC[C@]12C.CC(C)CCC[C@@H](C)[C@H]1CC[C@H]2[C@@H]3CC=C4C[C@@H](O)CC[C@]4(C)[C@H]3CC[C@]12C.CC(C)CCC[C@@H](C)[C@H]1CC[C@H]2[C@@H]3CC=C4C[C@@H](O)CC[C@]4(C)[C@H]3CC[C@]12C.CC(C)CCC[C@@H](C)[C@H]1CC[C@H]2[C@@H]3CC=C4C[C@@H](O)CC[C@]4(C)[C@H]3CC[C@]12C. The molecule has 0 bridgehead atoms. The molecule has 15 saturated carbocycles. The molecule has 0 aromatic carbocycles. The fourth-order valence-corrected chi connectivity index (χ4v) is 43.3. The van der Waals surface area contributed by atoms with Crippen LogP contribution in [-0.2, 0) is 0 Å². The van der Waals surface area contributed by atoms with Crippen molar-refractivity contribution in [2.75, 3.05) is 0 Å². The zero-order valence-corrected chi connectivity index (χ0v) is 96.7. The Morgan fingerprint density at radius 3 is 0.507 bits per heavy atom. The molecule has 0 radical (unpaired) electrons. The van der Waals surface area contributed by atoms with E-state index in [1.54, 1.807) is 27.9 Å². The van der Waals surface area contributed by atoms with E-state index < -0.39 is 0 Å². The molecule has 0 saturated heterocycles. The molecule has 5 heteroatoms. The molecule has 0 aromatic heterocycles. The summed E-state index contributed by atoms with van der Waals surface area (Å²) in [5.74, 6) is 27.3. The largest absolute Gasteiger partial charge is 0.393 e. The van der Waals surface area contributed by atoms with Gasteiger partial charge in [0.05, 0.1) is 30.5 Å². The fourth-order valence-electron chi connectivity index (χ4n) is 43.3. The average Bonchev–Trinajstić information content (AvgIpc) is 1.42. The molecule has 0 unspecified atom stereocenters. The molecule has 0 heterocycles. The topological polar surface area (TPSA) is 101 Å². The molecule has 5 nitrogen and oxygen atoms in total. The van der Waals surface area contributed by atoms with E-state index in [2.05, 4.69) is 203 Å². The maximum atomic E-state index is 10.2. The number of allylic oxidation sites excluding steroid dienone is 5. The molecule has 140 heavy (non-hydrogen) atoms. The van der Waals surface area contributed by atoms with Crippen molar-refractivity contribution in [1.82, 2.24) is 0 Å². The van der Waals surface area contributed by atoms with Gasteiger partial charge in [-0.15, -0.1) is 0 Å². The lowest BCUT2D eigenvalue weighted by Crippen LogP contribution is -2.50. The Morgan fingerprint density at radius 1 is 0.200 bits per heavy atom. The number of rotatable bonds is 25. The fraction of sp³-hybridized carbons (Fsp3) is 0.926. The van der Waals surface area contributed by atoms with Crippen molar-refractivity contribution in [2.45, 2.75) is 557 Å². The van der Waals surface area contributed by atoms with Crippen molar-refractivity contribution >= 4 is 0 Å². The molecule has 20 rings (SSSR count). The van der Waals surface area contributed by atoms with Crippen LogP contribution in [0.5, 0.6) is 0 Å². The van der Waals surface area contributed by atoms with Gasteiger partial charge in [-0.3, -0.25) is 0 Å². The Morgan fingerprint density at radius 2 is 0.357 bits per heavy atom. The molecule has 20 aliphatic rings. The van der Waals surface area contributed by atoms with E-state index >= 15 is 0 Å². The highest BCUT2D eigenvalue weighted by molar-refractivity contribution is 5.32. The third-order valence-corrected chi connectivity index (χ3v) is 51.4. The molecular formula is C135H230O5. The van der Waals surface area contributed by atoms with Crippen LogP contribution in [0.25, 0.3) is 0 Å². The van der Waals surface area contributed by atoms with E-state index in [1.165, 1.54) is 289 Å². The van der Waals surface area contributed by atoms with E-state index in [4.69, 9.17) is 0 Å². The second-order valence-electron chi connectivity index (χ2n) is 60.9. The van der Waals surface area contributed by atoms with Crippen LogP contribution in [0.4, 0.5) is 0 Å². The molecule has 40 atom stereocenters. The Kier molecular flexibility index (Phi) is 35.8. The second-order valence-corrected chi connectivity index (χ2v) is 60.9. The molecule has 800 valence electrons. The standard InChI is InChI=1S/5C27H46O/c5*1-18(2)7-6-8-19(3)23-11-12-24-22-10-9-20-17-21(28)13-15-26(20,4)25(22)14-16-27(23,24)5/h5*9,18-19,21-25,28H,6-8,10-17H2,1-5H3/t5*19-,21+,22+,23-,24+,25+,26+,27-/m11111/s1. The molecule has 0 aromatic rings. The van der Waals surface area contributed by atoms with Crippen molar-refractivity contribution in [1.29, 1.82) is 0 Å². The first-order chi connectivity index (χ1) is 66.3. The van der Waals surface area contributed by atoms with E-state index in [9.17, 15) is 25.5 Å². The average molecular weight is 1930 g/mol. The highest BCUT2D eigenvalue weighted by Crippen LogP contribution is 2.75. The summed E-state index contributed by atoms with van der Waals surface area (Å²) in [5, 5.41) is 51.0.